The second kappa shape index (κ2) is 5.13. The number of rotatable bonds is 2. The normalized spacial score (nSPS) is 17.1. The fraction of sp³-hybridized carbons (Fsp3) is 0.429. The molecule has 2 rings (SSSR count). The zero-order valence-electron chi connectivity index (χ0n) is 10.1. The Hall–Kier alpha value is -1.64. The maximum atomic E-state index is 11.8. The van der Waals surface area contributed by atoms with Crippen LogP contribution in [0.3, 0.4) is 0 Å². The van der Waals surface area contributed by atoms with Crippen LogP contribution in [0.1, 0.15) is 30.4 Å². The van der Waals surface area contributed by atoms with Gasteiger partial charge in [-0.25, -0.2) is 0 Å². The molecule has 0 aromatic heterocycles. The number of nitrogens with zero attached hydrogens (tertiary/aromatic N) is 1. The number of likely N-dealkylation sites (tertiary alicyclic amines) is 1. The molecule has 0 spiro atoms. The minimum Gasteiger partial charge on any atom is -0.338 e. The smallest absolute Gasteiger partial charge is 0.223 e. The Morgan fingerprint density at radius 3 is 2.65 bits per heavy atom. The first-order chi connectivity index (χ1) is 8.16. The van der Waals surface area contributed by atoms with Crippen molar-refractivity contribution in [1.82, 2.24) is 4.90 Å². The van der Waals surface area contributed by atoms with Crippen molar-refractivity contribution >= 4 is 11.7 Å². The molecule has 90 valence electrons. The van der Waals surface area contributed by atoms with Crippen LogP contribution in [0.15, 0.2) is 24.3 Å². The highest BCUT2D eigenvalue weighted by atomic mass is 16.2. The molecule has 1 fully saturated rings. The first-order valence-corrected chi connectivity index (χ1v) is 6.01. The fourth-order valence-electron chi connectivity index (χ4n) is 2.07. The summed E-state index contributed by atoms with van der Waals surface area (Å²) < 4.78 is 0. The molecule has 0 unspecified atom stereocenters. The lowest BCUT2D eigenvalue weighted by atomic mass is 10.1. The molecule has 0 N–H and O–H groups in total. The second-order valence-electron chi connectivity index (χ2n) is 4.53. The zero-order chi connectivity index (χ0) is 12.3. The summed E-state index contributed by atoms with van der Waals surface area (Å²) in [5.74, 6) is 0.296. The number of aryl methyl sites for hydroxylation is 1. The molecule has 3 nitrogen and oxygen atoms in total. The van der Waals surface area contributed by atoms with Crippen molar-refractivity contribution in [2.75, 3.05) is 6.54 Å². The first-order valence-electron chi connectivity index (χ1n) is 6.01. The quantitative estimate of drug-likeness (QED) is 0.781. The predicted molar refractivity (Wildman–Crippen MR) is 65.5 cm³/mol. The second-order valence-corrected chi connectivity index (χ2v) is 4.53. The van der Waals surface area contributed by atoms with Crippen LogP contribution in [0, 0.1) is 6.92 Å². The van der Waals surface area contributed by atoms with E-state index in [0.29, 0.717) is 32.4 Å². The van der Waals surface area contributed by atoms with E-state index >= 15 is 0 Å². The van der Waals surface area contributed by atoms with Gasteiger partial charge in [-0.1, -0.05) is 24.3 Å². The summed E-state index contributed by atoms with van der Waals surface area (Å²) in [7, 11) is 0. The molecule has 3 heteroatoms. The standard InChI is InChI=1S/C14H17NO2/c1-11-4-2-3-5-12(11)10-15-9-8-13(16)6-7-14(15)17/h2-5H,6-10H2,1H3. The lowest BCUT2D eigenvalue weighted by Crippen LogP contribution is -2.30. The van der Waals surface area contributed by atoms with Gasteiger partial charge < -0.3 is 4.90 Å². The van der Waals surface area contributed by atoms with E-state index in [1.807, 2.05) is 31.2 Å². The summed E-state index contributed by atoms with van der Waals surface area (Å²) in [5.41, 5.74) is 2.35. The van der Waals surface area contributed by atoms with E-state index in [-0.39, 0.29) is 11.7 Å². The fourth-order valence-corrected chi connectivity index (χ4v) is 2.07. The first kappa shape index (κ1) is 11.8. The third kappa shape index (κ3) is 2.93. The number of carbonyl (C=O) groups excluding carboxylic acids is 2. The number of Topliss-reactive ketones (excluding diaryl/α,β-unsaturated/α-hetero) is 1. The summed E-state index contributed by atoms with van der Waals surface area (Å²) in [6.07, 6.45) is 1.27. The van der Waals surface area contributed by atoms with Crippen molar-refractivity contribution < 1.29 is 9.59 Å². The van der Waals surface area contributed by atoms with Crippen molar-refractivity contribution in [1.29, 1.82) is 0 Å². The van der Waals surface area contributed by atoms with Gasteiger partial charge in [0.25, 0.3) is 0 Å². The van der Waals surface area contributed by atoms with E-state index in [4.69, 9.17) is 0 Å². The minimum absolute atomic E-state index is 0.0964. The van der Waals surface area contributed by atoms with Crippen LogP contribution in [0.5, 0.6) is 0 Å². The van der Waals surface area contributed by atoms with Crippen LogP contribution in [-0.2, 0) is 16.1 Å². The Bertz CT molecular complexity index is 440. The molecule has 0 saturated carbocycles. The van der Waals surface area contributed by atoms with Crippen LogP contribution in [0.4, 0.5) is 0 Å². The number of carbonyl (C=O) groups is 2. The third-order valence-corrected chi connectivity index (χ3v) is 3.25. The SMILES string of the molecule is Cc1ccccc1CN1CCC(=O)CCC1=O. The molecule has 1 aromatic carbocycles. The predicted octanol–water partition coefficient (Wildman–Crippen LogP) is 2.08. The van der Waals surface area contributed by atoms with E-state index in [0.717, 1.165) is 5.56 Å². The molecule has 0 bridgehead atoms. The van der Waals surface area contributed by atoms with E-state index < -0.39 is 0 Å². The molecular weight excluding hydrogens is 214 g/mol. The van der Waals surface area contributed by atoms with Gasteiger partial charge in [-0.05, 0) is 18.1 Å². The highest BCUT2D eigenvalue weighted by Gasteiger charge is 2.20. The number of hydrogen-bond donors (Lipinski definition) is 0. The molecule has 1 amide bonds. The van der Waals surface area contributed by atoms with Gasteiger partial charge in [0.15, 0.2) is 0 Å². The van der Waals surface area contributed by atoms with E-state index in [2.05, 4.69) is 0 Å². The molecule has 17 heavy (non-hydrogen) atoms. The Balaban J connectivity index is 2.10. The maximum absolute atomic E-state index is 11.8. The summed E-state index contributed by atoms with van der Waals surface area (Å²) in [6.45, 7) is 3.23. The summed E-state index contributed by atoms with van der Waals surface area (Å²) >= 11 is 0. The van der Waals surface area contributed by atoms with E-state index in [1.54, 1.807) is 4.90 Å². The highest BCUT2D eigenvalue weighted by molar-refractivity contribution is 5.87. The molecule has 1 aliphatic rings. The van der Waals surface area contributed by atoms with E-state index in [1.165, 1.54) is 5.56 Å². The van der Waals surface area contributed by atoms with Gasteiger partial charge in [-0.3, -0.25) is 9.59 Å². The van der Waals surface area contributed by atoms with Gasteiger partial charge in [-0.2, -0.15) is 0 Å². The lowest BCUT2D eigenvalue weighted by molar-refractivity contribution is -0.131. The maximum Gasteiger partial charge on any atom is 0.223 e. The lowest BCUT2D eigenvalue weighted by Gasteiger charge is -2.21. The van der Waals surface area contributed by atoms with Crippen molar-refractivity contribution in [3.05, 3.63) is 35.4 Å². The Labute approximate surface area is 101 Å². The summed E-state index contributed by atoms with van der Waals surface area (Å²) in [5, 5.41) is 0. The Morgan fingerprint density at radius 2 is 1.88 bits per heavy atom. The van der Waals surface area contributed by atoms with Gasteiger partial charge >= 0.3 is 0 Å². The topological polar surface area (TPSA) is 37.4 Å². The number of hydrogen-bond acceptors (Lipinski definition) is 2. The van der Waals surface area contributed by atoms with Crippen LogP contribution >= 0.6 is 0 Å². The van der Waals surface area contributed by atoms with Gasteiger partial charge in [0, 0.05) is 32.4 Å². The number of benzene rings is 1. The molecule has 0 radical (unpaired) electrons. The molecule has 1 saturated heterocycles. The van der Waals surface area contributed by atoms with Crippen LogP contribution in [0.2, 0.25) is 0 Å². The molecular formula is C14H17NO2. The van der Waals surface area contributed by atoms with E-state index in [9.17, 15) is 9.59 Å². The molecule has 1 heterocycles. The Morgan fingerprint density at radius 1 is 1.12 bits per heavy atom. The van der Waals surface area contributed by atoms with Crippen molar-refractivity contribution in [2.45, 2.75) is 32.7 Å². The summed E-state index contributed by atoms with van der Waals surface area (Å²) in [6, 6.07) is 8.06. The minimum atomic E-state index is 0.0964. The molecule has 0 atom stereocenters. The van der Waals surface area contributed by atoms with Crippen LogP contribution < -0.4 is 0 Å². The van der Waals surface area contributed by atoms with Crippen molar-refractivity contribution in [2.24, 2.45) is 0 Å². The van der Waals surface area contributed by atoms with Gasteiger partial charge in [0.1, 0.15) is 5.78 Å². The van der Waals surface area contributed by atoms with Crippen molar-refractivity contribution in [3.8, 4) is 0 Å². The molecule has 1 aromatic rings. The molecule has 1 aliphatic heterocycles. The van der Waals surface area contributed by atoms with Crippen LogP contribution in [0.25, 0.3) is 0 Å². The number of ketones is 1. The average molecular weight is 231 g/mol. The number of amides is 1. The van der Waals surface area contributed by atoms with Crippen LogP contribution in [-0.4, -0.2) is 23.1 Å². The third-order valence-electron chi connectivity index (χ3n) is 3.25. The summed E-state index contributed by atoms with van der Waals surface area (Å²) in [4.78, 5) is 25.0. The van der Waals surface area contributed by atoms with Gasteiger partial charge in [-0.15, -0.1) is 0 Å². The molecule has 0 aliphatic carbocycles. The zero-order valence-corrected chi connectivity index (χ0v) is 10.1. The highest BCUT2D eigenvalue weighted by Crippen LogP contribution is 2.15. The van der Waals surface area contributed by atoms with Crippen molar-refractivity contribution in [3.63, 3.8) is 0 Å². The van der Waals surface area contributed by atoms with Gasteiger partial charge in [0.05, 0.1) is 0 Å². The van der Waals surface area contributed by atoms with Gasteiger partial charge in [0.2, 0.25) is 5.91 Å². The monoisotopic (exact) mass is 231 g/mol. The Kier molecular flexibility index (Phi) is 3.57. The average Bonchev–Trinajstić information content (AvgIpc) is 2.47. The largest absolute Gasteiger partial charge is 0.338 e.